The number of hydrogen-bond acceptors (Lipinski definition) is 9. The molecule has 1 aliphatic rings. The van der Waals surface area contributed by atoms with Crippen molar-refractivity contribution in [3.63, 3.8) is 0 Å². The van der Waals surface area contributed by atoms with Gasteiger partial charge in [-0.1, -0.05) is 30.7 Å². The Labute approximate surface area is 267 Å². The molecule has 5 rings (SSSR count). The van der Waals surface area contributed by atoms with Crippen LogP contribution < -0.4 is 14.8 Å². The average Bonchev–Trinajstić information content (AvgIpc) is 3.52. The highest BCUT2D eigenvalue weighted by molar-refractivity contribution is 7.91. The third kappa shape index (κ3) is 8.02. The van der Waals surface area contributed by atoms with Gasteiger partial charge in [0.2, 0.25) is 0 Å². The number of nitrogens with zero attached hydrogens (tertiary/aromatic N) is 2. The number of hydrogen-bond donors (Lipinski definition) is 1. The van der Waals surface area contributed by atoms with Gasteiger partial charge in [0.1, 0.15) is 41.7 Å². The molecular weight excluding hydrogens is 621 g/mol. The van der Waals surface area contributed by atoms with Crippen molar-refractivity contribution in [2.24, 2.45) is 0 Å². The molecule has 0 aliphatic carbocycles. The molecule has 4 aromatic rings. The molecule has 45 heavy (non-hydrogen) atoms. The topological polar surface area (TPSA) is 109 Å². The van der Waals surface area contributed by atoms with E-state index < -0.39 is 15.4 Å². The molecule has 2 heterocycles. The number of anilines is 2. The Morgan fingerprint density at radius 2 is 1.96 bits per heavy atom. The maximum Gasteiger partial charge on any atom is 0.152 e. The lowest BCUT2D eigenvalue weighted by molar-refractivity contribution is 0.0191. The standard InChI is InChI=1S/C33H35ClFN3O6S/c1-3-45(39,40)16-15-42-13-5-11-33(12-6-14-44-33)27-19-26-29(20-31(27)41-2)36-22-37-32(26)38-25-9-10-30(28(34)18-25)43-21-23-7-4-8-24(35)17-23/h4,6-10,14,17-20,22H,3,5,11-13,15-16,21H2,1-2H3,(H,36,37,38). The molecule has 0 amide bonds. The first-order chi connectivity index (χ1) is 21.7. The highest BCUT2D eigenvalue weighted by atomic mass is 35.5. The van der Waals surface area contributed by atoms with Crippen molar-refractivity contribution >= 4 is 43.8 Å². The number of sulfone groups is 1. The fourth-order valence-corrected chi connectivity index (χ4v) is 6.05. The number of benzene rings is 3. The predicted octanol–water partition coefficient (Wildman–Crippen LogP) is 7.11. The van der Waals surface area contributed by atoms with Gasteiger partial charge >= 0.3 is 0 Å². The molecule has 0 fully saturated rings. The molecule has 1 unspecified atom stereocenters. The zero-order valence-electron chi connectivity index (χ0n) is 25.1. The van der Waals surface area contributed by atoms with Gasteiger partial charge in [0.15, 0.2) is 9.84 Å². The van der Waals surface area contributed by atoms with Crippen molar-refractivity contribution in [3.8, 4) is 11.5 Å². The summed E-state index contributed by atoms with van der Waals surface area (Å²) in [5.41, 5.74) is 2.20. The van der Waals surface area contributed by atoms with Gasteiger partial charge < -0.3 is 24.3 Å². The fourth-order valence-electron chi connectivity index (χ4n) is 5.15. The first-order valence-corrected chi connectivity index (χ1v) is 16.8. The van der Waals surface area contributed by atoms with E-state index >= 15 is 0 Å². The van der Waals surface area contributed by atoms with Crippen molar-refractivity contribution in [2.45, 2.75) is 38.4 Å². The van der Waals surface area contributed by atoms with Gasteiger partial charge in [-0.3, -0.25) is 0 Å². The number of fused-ring (bicyclic) bond motifs is 1. The lowest BCUT2D eigenvalue weighted by Gasteiger charge is -2.31. The van der Waals surface area contributed by atoms with E-state index in [2.05, 4.69) is 15.3 Å². The maximum atomic E-state index is 13.5. The molecule has 1 aromatic heterocycles. The molecule has 0 saturated carbocycles. The minimum Gasteiger partial charge on any atom is -0.496 e. The Balaban J connectivity index is 1.34. The van der Waals surface area contributed by atoms with E-state index in [1.165, 1.54) is 18.5 Å². The number of halogens is 2. The molecule has 9 nitrogen and oxygen atoms in total. The van der Waals surface area contributed by atoms with Gasteiger partial charge in [-0.15, -0.1) is 0 Å². The molecule has 12 heteroatoms. The second-order valence-corrected chi connectivity index (χ2v) is 13.5. The lowest BCUT2D eigenvalue weighted by Crippen LogP contribution is -2.26. The van der Waals surface area contributed by atoms with Crippen LogP contribution in [-0.2, 0) is 31.5 Å². The van der Waals surface area contributed by atoms with Crippen molar-refractivity contribution < 1.29 is 31.8 Å². The normalized spacial score (nSPS) is 16.1. The lowest BCUT2D eigenvalue weighted by atomic mass is 9.85. The smallest absolute Gasteiger partial charge is 0.152 e. The van der Waals surface area contributed by atoms with Crippen LogP contribution in [0.4, 0.5) is 15.9 Å². The molecule has 1 aliphatic heterocycles. The molecule has 0 bridgehead atoms. The summed E-state index contributed by atoms with van der Waals surface area (Å²) < 4.78 is 60.5. The van der Waals surface area contributed by atoms with E-state index in [1.807, 2.05) is 24.3 Å². The van der Waals surface area contributed by atoms with Crippen LogP contribution in [0.15, 0.2) is 73.3 Å². The summed E-state index contributed by atoms with van der Waals surface area (Å²) in [6.45, 7) is 2.37. The SMILES string of the molecule is CCS(=O)(=O)CCOCCCC1(c2cc3c(Nc4ccc(OCc5cccc(F)c5)c(Cl)c4)ncnc3cc2OC)CC=CO1. The molecule has 3 aromatic carbocycles. The second-order valence-electron chi connectivity index (χ2n) is 10.6. The zero-order chi connectivity index (χ0) is 31.9. The Bertz CT molecular complexity index is 1780. The molecule has 0 spiro atoms. The first-order valence-electron chi connectivity index (χ1n) is 14.6. The van der Waals surface area contributed by atoms with Crippen LogP contribution in [0.3, 0.4) is 0 Å². The maximum absolute atomic E-state index is 13.5. The van der Waals surface area contributed by atoms with E-state index in [4.69, 9.17) is 30.5 Å². The number of aromatic nitrogens is 2. The van der Waals surface area contributed by atoms with Gasteiger partial charge in [-0.2, -0.15) is 0 Å². The third-order valence-corrected chi connectivity index (χ3v) is 9.57. The van der Waals surface area contributed by atoms with Crippen LogP contribution in [0.1, 0.15) is 37.3 Å². The average molecular weight is 656 g/mol. The largest absolute Gasteiger partial charge is 0.496 e. The van der Waals surface area contributed by atoms with Gasteiger partial charge in [0.05, 0.1) is 36.3 Å². The van der Waals surface area contributed by atoms with Crippen molar-refractivity contribution in [1.82, 2.24) is 9.97 Å². The summed E-state index contributed by atoms with van der Waals surface area (Å²) in [7, 11) is -1.46. The minimum absolute atomic E-state index is 0.0108. The van der Waals surface area contributed by atoms with Gasteiger partial charge in [0.25, 0.3) is 0 Å². The van der Waals surface area contributed by atoms with Crippen LogP contribution >= 0.6 is 11.6 Å². The molecule has 238 valence electrons. The van der Waals surface area contributed by atoms with Crippen LogP contribution in [0.5, 0.6) is 11.5 Å². The Morgan fingerprint density at radius 3 is 2.69 bits per heavy atom. The number of nitrogens with one attached hydrogen (secondary N) is 1. The van der Waals surface area contributed by atoms with E-state index in [9.17, 15) is 12.8 Å². The van der Waals surface area contributed by atoms with Crippen molar-refractivity contribution in [1.29, 1.82) is 0 Å². The van der Waals surface area contributed by atoms with Crippen LogP contribution in [0.25, 0.3) is 10.9 Å². The van der Waals surface area contributed by atoms with Gasteiger partial charge in [0, 0.05) is 41.5 Å². The second kappa shape index (κ2) is 14.4. The molecule has 1 N–H and O–H groups in total. The number of ether oxygens (including phenoxy) is 4. The Morgan fingerprint density at radius 1 is 1.09 bits per heavy atom. The molecule has 1 atom stereocenters. The molecular formula is C33H35ClFN3O6S. The monoisotopic (exact) mass is 655 g/mol. The summed E-state index contributed by atoms with van der Waals surface area (Å²) in [4.78, 5) is 8.98. The molecule has 0 radical (unpaired) electrons. The van der Waals surface area contributed by atoms with Crippen molar-refractivity contribution in [2.75, 3.05) is 37.1 Å². The highest BCUT2D eigenvalue weighted by Crippen LogP contribution is 2.45. The number of rotatable bonds is 15. The Kier molecular flexibility index (Phi) is 10.4. The van der Waals surface area contributed by atoms with Crippen LogP contribution in [0, 0.1) is 5.82 Å². The zero-order valence-corrected chi connectivity index (χ0v) is 26.7. The summed E-state index contributed by atoms with van der Waals surface area (Å²) in [6.07, 6.45) is 7.03. The fraction of sp³-hybridized carbons (Fsp3) is 0.333. The van der Waals surface area contributed by atoms with Gasteiger partial charge in [-0.25, -0.2) is 22.8 Å². The summed E-state index contributed by atoms with van der Waals surface area (Å²) in [6, 6.07) is 15.4. The highest BCUT2D eigenvalue weighted by Gasteiger charge is 2.38. The van der Waals surface area contributed by atoms with Gasteiger partial charge in [-0.05, 0) is 60.9 Å². The van der Waals surface area contributed by atoms with E-state index in [1.54, 1.807) is 44.6 Å². The summed E-state index contributed by atoms with van der Waals surface area (Å²) in [5.74, 6) is 1.45. The van der Waals surface area contributed by atoms with Crippen molar-refractivity contribution in [3.05, 3.63) is 95.2 Å². The van der Waals surface area contributed by atoms with Crippen LogP contribution in [0.2, 0.25) is 5.02 Å². The van der Waals surface area contributed by atoms with Crippen LogP contribution in [-0.4, -0.2) is 50.2 Å². The third-order valence-electron chi connectivity index (χ3n) is 7.61. The van der Waals surface area contributed by atoms with E-state index in [-0.39, 0.29) is 30.5 Å². The predicted molar refractivity (Wildman–Crippen MR) is 172 cm³/mol. The Hall–Kier alpha value is -3.93. The number of methoxy groups -OCH3 is 1. The first kappa shape index (κ1) is 32.5. The molecule has 0 saturated heterocycles. The van der Waals surface area contributed by atoms with E-state index in [0.29, 0.717) is 65.0 Å². The quantitative estimate of drug-likeness (QED) is 0.134. The summed E-state index contributed by atoms with van der Waals surface area (Å²) in [5, 5.41) is 4.48. The minimum atomic E-state index is -3.07. The summed E-state index contributed by atoms with van der Waals surface area (Å²) >= 11 is 6.54. The van der Waals surface area contributed by atoms with E-state index in [0.717, 1.165) is 10.9 Å².